The predicted molar refractivity (Wildman–Crippen MR) is 37.8 cm³/mol. The average Bonchev–Trinajstić information content (AvgIpc) is 1.31. The van der Waals surface area contributed by atoms with Gasteiger partial charge in [0.1, 0.15) is 0 Å². The molecule has 0 bridgehead atoms. The van der Waals surface area contributed by atoms with Crippen LogP contribution in [0.25, 0.3) is 0 Å². The van der Waals surface area contributed by atoms with E-state index in [0.717, 1.165) is 5.20 Å². The molecule has 0 atom stereocenters. The van der Waals surface area contributed by atoms with Gasteiger partial charge in [-0.3, -0.25) is 0 Å². The second-order valence-corrected chi connectivity index (χ2v) is 8.06. The summed E-state index contributed by atoms with van der Waals surface area (Å²) in [7, 11) is -1.04. The maximum atomic E-state index is 3.78. The summed E-state index contributed by atoms with van der Waals surface area (Å²) in [6.07, 6.45) is 0. The zero-order valence-corrected chi connectivity index (χ0v) is 7.41. The van der Waals surface area contributed by atoms with Gasteiger partial charge in [-0.2, -0.15) is 0 Å². The first kappa shape index (κ1) is 11.3. The largest absolute Gasteiger partial charge is 1.00 e. The van der Waals surface area contributed by atoms with Gasteiger partial charge in [-0.1, -0.05) is 19.6 Å². The van der Waals surface area contributed by atoms with E-state index in [1.807, 2.05) is 0 Å². The zero-order valence-electron chi connectivity index (χ0n) is 6.41. The van der Waals surface area contributed by atoms with Crippen LogP contribution in [0.15, 0.2) is 11.8 Å². The summed E-state index contributed by atoms with van der Waals surface area (Å²) in [5.74, 6) is 0. The van der Waals surface area contributed by atoms with Gasteiger partial charge in [-0.15, -0.1) is 0 Å². The van der Waals surface area contributed by atoms with Gasteiger partial charge in [0.25, 0.3) is 0 Å². The van der Waals surface area contributed by atoms with Gasteiger partial charge in [0.05, 0.1) is 0 Å². The Kier molecular flexibility index (Phi) is 4.85. The van der Waals surface area contributed by atoms with E-state index in [9.17, 15) is 0 Å². The molecule has 0 spiro atoms. The molecule has 0 aromatic rings. The van der Waals surface area contributed by atoms with Gasteiger partial charge in [-0.25, -0.2) is 18.7 Å². The summed E-state index contributed by atoms with van der Waals surface area (Å²) in [6.45, 7) is 14.3. The molecule has 0 unspecified atom stereocenters. The minimum absolute atomic E-state index is 0. The number of rotatable bonds is 1. The van der Waals surface area contributed by atoms with E-state index in [0.29, 0.717) is 0 Å². The van der Waals surface area contributed by atoms with E-state index in [1.165, 1.54) is 0 Å². The van der Waals surface area contributed by atoms with Crippen molar-refractivity contribution in [3.8, 4) is 0 Å². The Morgan fingerprint density at radius 1 is 1.38 bits per heavy atom. The van der Waals surface area contributed by atoms with Gasteiger partial charge >= 0.3 is 18.9 Å². The second kappa shape index (κ2) is 3.45. The Morgan fingerprint density at radius 3 is 1.50 bits per heavy atom. The molecular formula is C6H13LiSi. The van der Waals surface area contributed by atoms with Crippen molar-refractivity contribution in [2.75, 3.05) is 0 Å². The smallest absolute Gasteiger partial charge is 0.246 e. The van der Waals surface area contributed by atoms with Crippen LogP contribution in [0.5, 0.6) is 0 Å². The Morgan fingerprint density at radius 2 is 1.50 bits per heavy atom. The molecule has 0 N–H and O–H groups in total. The van der Waals surface area contributed by atoms with E-state index in [-0.39, 0.29) is 18.9 Å². The van der Waals surface area contributed by atoms with Crippen LogP contribution >= 0.6 is 0 Å². The van der Waals surface area contributed by atoms with E-state index >= 15 is 0 Å². The average molecular weight is 120 g/mol. The van der Waals surface area contributed by atoms with Crippen LogP contribution in [0.3, 0.4) is 0 Å². The van der Waals surface area contributed by atoms with Crippen molar-refractivity contribution in [2.45, 2.75) is 19.6 Å². The van der Waals surface area contributed by atoms with Crippen LogP contribution in [-0.2, 0) is 0 Å². The zero-order chi connectivity index (χ0) is 6.08. The van der Waals surface area contributed by atoms with Crippen LogP contribution < -0.4 is 18.9 Å². The summed E-state index contributed by atoms with van der Waals surface area (Å²) in [6, 6.07) is 0. The Labute approximate surface area is 65.6 Å². The molecule has 0 aliphatic carbocycles. The van der Waals surface area contributed by atoms with Gasteiger partial charge in [-0.05, 0) is 0 Å². The van der Waals surface area contributed by atoms with Gasteiger partial charge in [0.2, 0.25) is 0 Å². The van der Waals surface area contributed by atoms with E-state index in [1.54, 1.807) is 0 Å². The van der Waals surface area contributed by atoms with Crippen LogP contribution in [-0.4, -0.2) is 8.07 Å². The van der Waals surface area contributed by atoms with Crippen molar-refractivity contribution >= 4 is 8.07 Å². The molecule has 0 aromatic carbocycles. The molecule has 0 aliphatic rings. The molecule has 0 fully saturated rings. The van der Waals surface area contributed by atoms with Crippen LogP contribution in [0.1, 0.15) is 0 Å². The normalized spacial score (nSPS) is 9.88. The minimum Gasteiger partial charge on any atom is -0.246 e. The number of hydrogen-bond acceptors (Lipinski definition) is 0. The van der Waals surface area contributed by atoms with Gasteiger partial charge in [0.15, 0.2) is 0 Å². The quantitative estimate of drug-likeness (QED) is 0.316. The molecule has 0 aliphatic heterocycles. The van der Waals surface area contributed by atoms with E-state index < -0.39 is 8.07 Å². The van der Waals surface area contributed by atoms with E-state index in [4.69, 9.17) is 0 Å². The van der Waals surface area contributed by atoms with Crippen molar-refractivity contribution in [3.63, 3.8) is 0 Å². The number of hydrogen-bond donors (Lipinski definition) is 0. The molecule has 0 aromatic heterocycles. The Hall–Kier alpha value is 0.424. The van der Waals surface area contributed by atoms with Crippen molar-refractivity contribution in [1.82, 2.24) is 0 Å². The SMILES string of the molecule is C=C([CH2-])[Si](C)(C)C.[Li+]. The molecule has 8 heavy (non-hydrogen) atoms. The molecule has 0 heterocycles. The third-order valence-corrected chi connectivity index (χ3v) is 3.18. The maximum absolute atomic E-state index is 3.78. The fourth-order valence-electron chi connectivity index (χ4n) is 0. The predicted octanol–water partition coefficient (Wildman–Crippen LogP) is -0.742. The molecule has 0 saturated carbocycles. The fourth-order valence-corrected chi connectivity index (χ4v) is 0. The van der Waals surface area contributed by atoms with E-state index in [2.05, 4.69) is 33.1 Å². The monoisotopic (exact) mass is 120 g/mol. The van der Waals surface area contributed by atoms with Crippen LogP contribution in [0.2, 0.25) is 19.6 Å². The first-order valence-corrected chi connectivity index (χ1v) is 5.96. The fraction of sp³-hybridized carbons (Fsp3) is 0.500. The second-order valence-electron chi connectivity index (χ2n) is 2.85. The number of allylic oxidation sites excluding steroid dienone is 1. The molecule has 0 saturated heterocycles. The third kappa shape index (κ3) is 4.58. The molecule has 2 heteroatoms. The Bertz CT molecular complexity index is 81.0. The topological polar surface area (TPSA) is 0 Å². The molecule has 42 valence electrons. The van der Waals surface area contributed by atoms with Crippen LogP contribution in [0.4, 0.5) is 0 Å². The summed E-state index contributed by atoms with van der Waals surface area (Å²) in [5.41, 5.74) is 0. The summed E-state index contributed by atoms with van der Waals surface area (Å²) >= 11 is 0. The molecule has 0 nitrogen and oxygen atoms in total. The van der Waals surface area contributed by atoms with Gasteiger partial charge in [0, 0.05) is 8.07 Å². The third-order valence-electron chi connectivity index (χ3n) is 1.06. The van der Waals surface area contributed by atoms with Crippen molar-refractivity contribution in [3.05, 3.63) is 18.7 Å². The van der Waals surface area contributed by atoms with Crippen LogP contribution in [0, 0.1) is 6.92 Å². The summed E-state index contributed by atoms with van der Waals surface area (Å²) in [5, 5.41) is 1.13. The molecule has 0 rings (SSSR count). The van der Waals surface area contributed by atoms with Gasteiger partial charge < -0.3 is 0 Å². The summed E-state index contributed by atoms with van der Waals surface area (Å²) in [4.78, 5) is 0. The van der Waals surface area contributed by atoms with Crippen molar-refractivity contribution in [1.29, 1.82) is 0 Å². The maximum Gasteiger partial charge on any atom is 1.00 e. The molecule has 0 radical (unpaired) electrons. The summed E-state index contributed by atoms with van der Waals surface area (Å²) < 4.78 is 0. The van der Waals surface area contributed by atoms with Crippen molar-refractivity contribution < 1.29 is 18.9 Å². The minimum atomic E-state index is -1.04. The molecule has 0 amide bonds. The first-order chi connectivity index (χ1) is 2.94. The first-order valence-electron chi connectivity index (χ1n) is 2.46. The van der Waals surface area contributed by atoms with Crippen molar-refractivity contribution in [2.24, 2.45) is 0 Å². The standard InChI is InChI=1S/C6H13Si.Li/c1-6(2)7(3,4)5;/h1-2H2,3-5H3;/q-1;+1. The molecular weight excluding hydrogens is 107 g/mol. The Balaban J connectivity index is 0.